The fraction of sp³-hybridized carbons (Fsp3) is 0.643. The molecule has 17 heavy (non-hydrogen) atoms. The van der Waals surface area contributed by atoms with Crippen LogP contribution in [0.5, 0.6) is 0 Å². The van der Waals surface area contributed by atoms with Crippen LogP contribution in [0, 0.1) is 18.8 Å². The third-order valence-electron chi connectivity index (χ3n) is 3.92. The highest BCUT2D eigenvalue weighted by atomic mass is 15.0. The van der Waals surface area contributed by atoms with Crippen LogP contribution in [0.3, 0.4) is 0 Å². The summed E-state index contributed by atoms with van der Waals surface area (Å²) in [6.07, 6.45) is 7.23. The van der Waals surface area contributed by atoms with Gasteiger partial charge in [-0.25, -0.2) is 4.98 Å². The van der Waals surface area contributed by atoms with Crippen LogP contribution in [0.2, 0.25) is 0 Å². The predicted octanol–water partition coefficient (Wildman–Crippen LogP) is 3.21. The summed E-state index contributed by atoms with van der Waals surface area (Å²) in [6.45, 7) is 5.46. The lowest BCUT2D eigenvalue weighted by Crippen LogP contribution is -2.24. The minimum Gasteiger partial charge on any atom is -0.397 e. The summed E-state index contributed by atoms with van der Waals surface area (Å²) in [5.41, 5.74) is 7.57. The summed E-state index contributed by atoms with van der Waals surface area (Å²) in [4.78, 5) is 4.35. The third-order valence-corrected chi connectivity index (χ3v) is 3.92. The van der Waals surface area contributed by atoms with Gasteiger partial charge in [0, 0.05) is 6.54 Å². The molecule has 1 heterocycles. The first-order valence-electron chi connectivity index (χ1n) is 6.63. The van der Waals surface area contributed by atoms with Gasteiger partial charge in [0.05, 0.1) is 11.9 Å². The van der Waals surface area contributed by atoms with E-state index in [0.29, 0.717) is 0 Å². The topological polar surface area (TPSA) is 50.9 Å². The van der Waals surface area contributed by atoms with Crippen LogP contribution in [0.4, 0.5) is 11.5 Å². The Labute approximate surface area is 104 Å². The molecule has 0 spiro atoms. The van der Waals surface area contributed by atoms with E-state index in [-0.39, 0.29) is 0 Å². The number of aromatic nitrogens is 1. The second kappa shape index (κ2) is 5.39. The van der Waals surface area contributed by atoms with Crippen LogP contribution < -0.4 is 11.1 Å². The van der Waals surface area contributed by atoms with Crippen molar-refractivity contribution in [2.45, 2.75) is 39.5 Å². The first-order valence-corrected chi connectivity index (χ1v) is 6.63. The Morgan fingerprint density at radius 1 is 1.41 bits per heavy atom. The second-order valence-corrected chi connectivity index (χ2v) is 5.34. The molecule has 1 aromatic rings. The average molecular weight is 233 g/mol. The molecule has 3 N–H and O–H groups in total. The number of nitrogens with one attached hydrogen (secondary N) is 1. The van der Waals surface area contributed by atoms with E-state index in [2.05, 4.69) is 24.1 Å². The van der Waals surface area contributed by atoms with Gasteiger partial charge in [0.15, 0.2) is 0 Å². The maximum atomic E-state index is 5.70. The van der Waals surface area contributed by atoms with Crippen LogP contribution in [0.25, 0.3) is 0 Å². The van der Waals surface area contributed by atoms with Crippen molar-refractivity contribution < 1.29 is 0 Å². The smallest absolute Gasteiger partial charge is 0.129 e. The Bertz CT molecular complexity index is 376. The van der Waals surface area contributed by atoms with Crippen LogP contribution >= 0.6 is 0 Å². The Balaban J connectivity index is 1.92. The summed E-state index contributed by atoms with van der Waals surface area (Å²) in [6, 6.07) is 1.97. The highest BCUT2D eigenvalue weighted by Crippen LogP contribution is 2.29. The zero-order valence-corrected chi connectivity index (χ0v) is 10.9. The van der Waals surface area contributed by atoms with Crippen LogP contribution in [-0.4, -0.2) is 11.5 Å². The fourth-order valence-electron chi connectivity index (χ4n) is 2.71. The molecular weight excluding hydrogens is 210 g/mol. The van der Waals surface area contributed by atoms with Gasteiger partial charge in [-0.15, -0.1) is 0 Å². The van der Waals surface area contributed by atoms with Crippen LogP contribution in [0.15, 0.2) is 12.3 Å². The second-order valence-electron chi connectivity index (χ2n) is 5.34. The molecule has 0 bridgehead atoms. The monoisotopic (exact) mass is 233 g/mol. The largest absolute Gasteiger partial charge is 0.397 e. The van der Waals surface area contributed by atoms with Gasteiger partial charge in [0.1, 0.15) is 5.82 Å². The van der Waals surface area contributed by atoms with Gasteiger partial charge in [-0.1, -0.05) is 26.2 Å². The number of hydrogen-bond donors (Lipinski definition) is 2. The highest BCUT2D eigenvalue weighted by Gasteiger charge is 2.21. The normalized spacial score (nSPS) is 24.6. The maximum Gasteiger partial charge on any atom is 0.129 e. The lowest BCUT2D eigenvalue weighted by molar-refractivity contribution is 0.268. The molecule has 3 nitrogen and oxygen atoms in total. The van der Waals surface area contributed by atoms with Gasteiger partial charge in [0.2, 0.25) is 0 Å². The molecule has 1 fully saturated rings. The van der Waals surface area contributed by atoms with Crippen molar-refractivity contribution >= 4 is 11.5 Å². The van der Waals surface area contributed by atoms with Gasteiger partial charge >= 0.3 is 0 Å². The number of nitrogens with zero attached hydrogens (tertiary/aromatic N) is 1. The number of hydrogen-bond acceptors (Lipinski definition) is 3. The standard InChI is InChI=1S/C14H23N3/c1-10-5-3-4-6-12(10)8-16-14-11(2)7-13(15)9-17-14/h7,9-10,12H,3-6,8,15H2,1-2H3,(H,16,17). The predicted molar refractivity (Wildman–Crippen MR) is 73.0 cm³/mol. The summed E-state index contributed by atoms with van der Waals surface area (Å²) < 4.78 is 0. The molecule has 2 rings (SSSR count). The van der Waals surface area contributed by atoms with E-state index in [1.807, 2.05) is 6.07 Å². The average Bonchev–Trinajstić information content (AvgIpc) is 2.30. The van der Waals surface area contributed by atoms with E-state index >= 15 is 0 Å². The quantitative estimate of drug-likeness (QED) is 0.843. The molecule has 0 aliphatic heterocycles. The van der Waals surface area contributed by atoms with Gasteiger partial charge < -0.3 is 11.1 Å². The van der Waals surface area contributed by atoms with E-state index in [4.69, 9.17) is 5.73 Å². The molecule has 3 heteroatoms. The van der Waals surface area contributed by atoms with E-state index < -0.39 is 0 Å². The van der Waals surface area contributed by atoms with Gasteiger partial charge in [0.25, 0.3) is 0 Å². The molecular formula is C14H23N3. The van der Waals surface area contributed by atoms with Gasteiger partial charge in [-0.2, -0.15) is 0 Å². The first kappa shape index (κ1) is 12.2. The third kappa shape index (κ3) is 3.11. The molecule has 1 saturated carbocycles. The molecule has 1 aromatic heterocycles. The Morgan fingerprint density at radius 2 is 2.18 bits per heavy atom. The molecule has 1 aliphatic rings. The Hall–Kier alpha value is -1.25. The number of nitrogen functional groups attached to an aromatic ring is 1. The van der Waals surface area contributed by atoms with Gasteiger partial charge in [-0.05, 0) is 36.8 Å². The fourth-order valence-corrected chi connectivity index (χ4v) is 2.71. The molecule has 0 saturated heterocycles. The van der Waals surface area contributed by atoms with Crippen molar-refractivity contribution in [3.8, 4) is 0 Å². The molecule has 2 atom stereocenters. The van der Waals surface area contributed by atoms with Crippen molar-refractivity contribution in [3.63, 3.8) is 0 Å². The van der Waals surface area contributed by atoms with E-state index in [9.17, 15) is 0 Å². The molecule has 94 valence electrons. The van der Waals surface area contributed by atoms with Crippen molar-refractivity contribution in [3.05, 3.63) is 17.8 Å². The minimum atomic E-state index is 0.735. The van der Waals surface area contributed by atoms with Crippen LogP contribution in [-0.2, 0) is 0 Å². The van der Waals surface area contributed by atoms with Crippen molar-refractivity contribution in [1.29, 1.82) is 0 Å². The molecule has 0 radical (unpaired) electrons. The number of anilines is 2. The molecule has 0 aromatic carbocycles. The SMILES string of the molecule is Cc1cc(N)cnc1NCC1CCCCC1C. The number of aryl methyl sites for hydroxylation is 1. The minimum absolute atomic E-state index is 0.735. The van der Waals surface area contributed by atoms with E-state index in [0.717, 1.165) is 35.4 Å². The summed E-state index contributed by atoms with van der Waals surface area (Å²) in [7, 11) is 0. The highest BCUT2D eigenvalue weighted by molar-refractivity contribution is 5.50. The van der Waals surface area contributed by atoms with Crippen molar-refractivity contribution in [1.82, 2.24) is 4.98 Å². The Morgan fingerprint density at radius 3 is 2.88 bits per heavy atom. The summed E-state index contributed by atoms with van der Waals surface area (Å²) in [5, 5.41) is 3.47. The van der Waals surface area contributed by atoms with E-state index in [1.54, 1.807) is 6.20 Å². The van der Waals surface area contributed by atoms with Crippen molar-refractivity contribution in [2.75, 3.05) is 17.6 Å². The lowest BCUT2D eigenvalue weighted by atomic mass is 9.80. The van der Waals surface area contributed by atoms with Crippen LogP contribution in [0.1, 0.15) is 38.2 Å². The molecule has 2 unspecified atom stereocenters. The molecule has 1 aliphatic carbocycles. The lowest BCUT2D eigenvalue weighted by Gasteiger charge is -2.29. The Kier molecular flexibility index (Phi) is 3.87. The number of nitrogens with two attached hydrogens (primary N) is 1. The summed E-state index contributed by atoms with van der Waals surface area (Å²) in [5.74, 6) is 2.62. The van der Waals surface area contributed by atoms with E-state index in [1.165, 1.54) is 25.7 Å². The molecule has 0 amide bonds. The maximum absolute atomic E-state index is 5.70. The number of pyridine rings is 1. The first-order chi connectivity index (χ1) is 8.16. The summed E-state index contributed by atoms with van der Waals surface area (Å²) >= 11 is 0. The van der Waals surface area contributed by atoms with Gasteiger partial charge in [-0.3, -0.25) is 0 Å². The number of rotatable bonds is 3. The zero-order chi connectivity index (χ0) is 12.3. The van der Waals surface area contributed by atoms with Crippen molar-refractivity contribution in [2.24, 2.45) is 11.8 Å². The zero-order valence-electron chi connectivity index (χ0n) is 10.9.